The number of carbonyl (C=O) groups is 2. The molecule has 0 spiro atoms. The van der Waals surface area contributed by atoms with Crippen molar-refractivity contribution in [3.05, 3.63) is 53.1 Å². The molecule has 3 aromatic rings. The van der Waals surface area contributed by atoms with E-state index < -0.39 is 0 Å². The van der Waals surface area contributed by atoms with Crippen molar-refractivity contribution in [2.75, 3.05) is 32.5 Å². The number of aryl methyl sites for hydroxylation is 2. The quantitative estimate of drug-likeness (QED) is 0.647. The van der Waals surface area contributed by atoms with E-state index in [1.54, 1.807) is 18.9 Å². The molecule has 0 saturated carbocycles. The number of carbonyl (C=O) groups excluding carboxylic acids is 2. The van der Waals surface area contributed by atoms with Crippen molar-refractivity contribution in [1.29, 1.82) is 0 Å². The van der Waals surface area contributed by atoms with Crippen molar-refractivity contribution in [2.24, 2.45) is 7.05 Å². The fourth-order valence-electron chi connectivity index (χ4n) is 4.47. The Morgan fingerprint density at radius 1 is 1.21 bits per heavy atom. The lowest BCUT2D eigenvalue weighted by Crippen LogP contribution is -2.40. The number of benzene rings is 1. The van der Waals surface area contributed by atoms with Crippen LogP contribution in [0.2, 0.25) is 0 Å². The Balaban J connectivity index is 1.58. The molecule has 1 aliphatic rings. The van der Waals surface area contributed by atoms with Crippen LogP contribution in [0.15, 0.2) is 30.3 Å². The smallest absolute Gasteiger partial charge is 0.270 e. The molecule has 8 heteroatoms. The minimum atomic E-state index is -0.0132. The van der Waals surface area contributed by atoms with Gasteiger partial charge in [0.25, 0.3) is 5.91 Å². The van der Waals surface area contributed by atoms with E-state index in [-0.39, 0.29) is 17.7 Å². The van der Waals surface area contributed by atoms with E-state index in [1.165, 1.54) is 5.56 Å². The summed E-state index contributed by atoms with van der Waals surface area (Å²) in [5.74, 6) is 1.52. The lowest BCUT2D eigenvalue weighted by molar-refractivity contribution is -0.128. The third kappa shape index (κ3) is 4.69. The van der Waals surface area contributed by atoms with Gasteiger partial charge in [0.1, 0.15) is 17.3 Å². The van der Waals surface area contributed by atoms with Crippen LogP contribution in [-0.4, -0.2) is 63.3 Å². The van der Waals surface area contributed by atoms with Gasteiger partial charge in [0, 0.05) is 64.0 Å². The number of likely N-dealkylation sites (tertiary alicyclic amines) is 1. The van der Waals surface area contributed by atoms with Gasteiger partial charge >= 0.3 is 0 Å². The van der Waals surface area contributed by atoms with E-state index in [1.807, 2.05) is 35.7 Å². The Morgan fingerprint density at radius 3 is 2.73 bits per heavy atom. The largest absolute Gasteiger partial charge is 0.373 e. The maximum atomic E-state index is 13.5. The van der Waals surface area contributed by atoms with Crippen molar-refractivity contribution < 1.29 is 9.59 Å². The summed E-state index contributed by atoms with van der Waals surface area (Å²) >= 11 is 0. The Morgan fingerprint density at radius 2 is 2.00 bits per heavy atom. The van der Waals surface area contributed by atoms with Crippen LogP contribution in [0, 0.1) is 6.92 Å². The van der Waals surface area contributed by atoms with Gasteiger partial charge in [0.15, 0.2) is 0 Å². The third-order valence-electron chi connectivity index (χ3n) is 6.48. The van der Waals surface area contributed by atoms with Crippen molar-refractivity contribution in [2.45, 2.75) is 39.2 Å². The molecule has 1 aliphatic heterocycles. The Labute approximate surface area is 194 Å². The first-order valence-electron chi connectivity index (χ1n) is 11.4. The van der Waals surface area contributed by atoms with Crippen LogP contribution in [-0.2, 0) is 18.4 Å². The molecule has 3 heterocycles. The van der Waals surface area contributed by atoms with Gasteiger partial charge in [-0.15, -0.1) is 0 Å². The zero-order valence-electron chi connectivity index (χ0n) is 20.1. The first-order chi connectivity index (χ1) is 15.8. The highest BCUT2D eigenvalue weighted by molar-refractivity contribution is 5.99. The van der Waals surface area contributed by atoms with Crippen LogP contribution in [0.1, 0.15) is 53.3 Å². The van der Waals surface area contributed by atoms with Crippen LogP contribution in [0.4, 0.5) is 5.82 Å². The zero-order chi connectivity index (χ0) is 23.7. The maximum absolute atomic E-state index is 13.5. The summed E-state index contributed by atoms with van der Waals surface area (Å²) in [6.07, 6.45) is 1.82. The molecule has 1 unspecified atom stereocenters. The molecule has 0 bridgehead atoms. The van der Waals surface area contributed by atoms with Gasteiger partial charge in [0.2, 0.25) is 5.91 Å². The van der Waals surface area contributed by atoms with Crippen molar-refractivity contribution in [3.8, 4) is 0 Å². The molecule has 2 amide bonds. The molecule has 8 nitrogen and oxygen atoms in total. The monoisotopic (exact) mass is 448 g/mol. The van der Waals surface area contributed by atoms with Crippen LogP contribution in [0.5, 0.6) is 0 Å². The molecule has 0 aliphatic carbocycles. The van der Waals surface area contributed by atoms with Crippen molar-refractivity contribution in [1.82, 2.24) is 24.3 Å². The number of nitrogens with zero attached hydrogens (tertiary/aromatic N) is 5. The summed E-state index contributed by atoms with van der Waals surface area (Å²) in [6.45, 7) is 5.32. The highest BCUT2D eigenvalue weighted by Crippen LogP contribution is 2.28. The van der Waals surface area contributed by atoms with E-state index >= 15 is 0 Å². The summed E-state index contributed by atoms with van der Waals surface area (Å²) in [5, 5.41) is 4.18. The van der Waals surface area contributed by atoms with Crippen molar-refractivity contribution >= 4 is 28.5 Å². The number of nitrogens with one attached hydrogen (secondary N) is 1. The standard InChI is InChI=1S/C25H32N6O2/c1-16-8-9-21-19(11-16)12-22(30(21)5)25(33)31-10-6-7-18(14-31)24-27-20(13-23(26-3)28-24)15-29(4)17(2)32/h8-9,11-13,18H,6-7,10,14-15H2,1-5H3,(H,26,27,28). The molecule has 174 valence electrons. The number of anilines is 1. The number of amides is 2. The van der Waals surface area contributed by atoms with Gasteiger partial charge < -0.3 is 19.7 Å². The Hall–Kier alpha value is -3.42. The molecular formula is C25H32N6O2. The third-order valence-corrected chi connectivity index (χ3v) is 6.48. The minimum absolute atomic E-state index is 0.0132. The van der Waals surface area contributed by atoms with Gasteiger partial charge in [-0.2, -0.15) is 0 Å². The van der Waals surface area contributed by atoms with Crippen LogP contribution in [0.25, 0.3) is 10.9 Å². The van der Waals surface area contributed by atoms with Gasteiger partial charge in [-0.05, 0) is 38.0 Å². The van der Waals surface area contributed by atoms with E-state index in [2.05, 4.69) is 35.4 Å². The second-order valence-corrected chi connectivity index (χ2v) is 8.97. The van der Waals surface area contributed by atoms with Crippen LogP contribution in [0.3, 0.4) is 0 Å². The number of hydrogen-bond acceptors (Lipinski definition) is 5. The molecular weight excluding hydrogens is 416 g/mol. The highest BCUT2D eigenvalue weighted by Gasteiger charge is 2.29. The molecule has 1 saturated heterocycles. The average Bonchev–Trinajstić information content (AvgIpc) is 3.13. The first kappa shape index (κ1) is 22.8. The summed E-state index contributed by atoms with van der Waals surface area (Å²) in [7, 11) is 5.53. The van der Waals surface area contributed by atoms with E-state index in [0.717, 1.165) is 47.6 Å². The fourth-order valence-corrected chi connectivity index (χ4v) is 4.47. The second kappa shape index (κ2) is 9.21. The molecule has 1 fully saturated rings. The van der Waals surface area contributed by atoms with Gasteiger partial charge in [-0.3, -0.25) is 9.59 Å². The molecule has 2 aromatic heterocycles. The number of rotatable bonds is 5. The summed E-state index contributed by atoms with van der Waals surface area (Å²) in [4.78, 5) is 38.2. The summed E-state index contributed by atoms with van der Waals surface area (Å²) in [5.41, 5.74) is 3.72. The lowest BCUT2D eigenvalue weighted by Gasteiger charge is -2.32. The highest BCUT2D eigenvalue weighted by atomic mass is 16.2. The second-order valence-electron chi connectivity index (χ2n) is 8.97. The minimum Gasteiger partial charge on any atom is -0.373 e. The maximum Gasteiger partial charge on any atom is 0.270 e. The molecule has 1 atom stereocenters. The van der Waals surface area contributed by atoms with Gasteiger partial charge in [-0.25, -0.2) is 9.97 Å². The number of aromatic nitrogens is 3. The van der Waals surface area contributed by atoms with E-state index in [9.17, 15) is 9.59 Å². The SMILES string of the molecule is CNc1cc(CN(C)C(C)=O)nc(C2CCCN(C(=O)c3cc4cc(C)ccc4n3C)C2)n1. The normalized spacial score (nSPS) is 16.2. The fraction of sp³-hybridized carbons (Fsp3) is 0.440. The van der Waals surface area contributed by atoms with Gasteiger partial charge in [0.05, 0.1) is 12.2 Å². The Bertz CT molecular complexity index is 1200. The van der Waals surface area contributed by atoms with Crippen molar-refractivity contribution in [3.63, 3.8) is 0 Å². The molecule has 33 heavy (non-hydrogen) atoms. The average molecular weight is 449 g/mol. The summed E-state index contributed by atoms with van der Waals surface area (Å²) < 4.78 is 1.98. The van der Waals surface area contributed by atoms with Crippen LogP contribution >= 0.6 is 0 Å². The number of piperidine rings is 1. The predicted octanol–water partition coefficient (Wildman–Crippen LogP) is 3.32. The zero-order valence-corrected chi connectivity index (χ0v) is 20.1. The van der Waals surface area contributed by atoms with Gasteiger partial charge in [-0.1, -0.05) is 11.6 Å². The molecule has 1 aromatic carbocycles. The van der Waals surface area contributed by atoms with E-state index in [4.69, 9.17) is 4.98 Å². The first-order valence-corrected chi connectivity index (χ1v) is 11.4. The van der Waals surface area contributed by atoms with E-state index in [0.29, 0.717) is 18.8 Å². The molecule has 4 rings (SSSR count). The number of fused-ring (bicyclic) bond motifs is 1. The lowest BCUT2D eigenvalue weighted by atomic mass is 9.96. The Kier molecular flexibility index (Phi) is 6.35. The number of hydrogen-bond donors (Lipinski definition) is 1. The predicted molar refractivity (Wildman–Crippen MR) is 129 cm³/mol. The molecule has 0 radical (unpaired) electrons. The van der Waals surface area contributed by atoms with Crippen LogP contribution < -0.4 is 5.32 Å². The topological polar surface area (TPSA) is 83.4 Å². The molecule has 1 N–H and O–H groups in total. The summed E-state index contributed by atoms with van der Waals surface area (Å²) in [6, 6.07) is 10.1.